The normalized spacial score (nSPS) is 16.2. The number of phenolic OH excluding ortho intramolecular Hbond substituents is 1. The number of aryl methyl sites for hydroxylation is 1. The third kappa shape index (κ3) is 2.72. The number of aromatic hydroxyl groups is 1. The average molecular weight is 320 g/mol. The molecule has 0 fully saturated rings. The molecule has 24 heavy (non-hydrogen) atoms. The SMILES string of the molecule is C=CCc1cc(-c2c(C#N)c(N)nc3c2C[C@H](N)CC3)ccc1O. The first kappa shape index (κ1) is 16.0. The average Bonchev–Trinajstić information content (AvgIpc) is 2.56. The number of nitrogen functional groups attached to an aromatic ring is 1. The summed E-state index contributed by atoms with van der Waals surface area (Å²) < 4.78 is 0. The van der Waals surface area contributed by atoms with Gasteiger partial charge in [-0.1, -0.05) is 12.1 Å². The Balaban J connectivity index is 2.27. The molecular weight excluding hydrogens is 300 g/mol. The van der Waals surface area contributed by atoms with Gasteiger partial charge >= 0.3 is 0 Å². The first-order chi connectivity index (χ1) is 11.5. The molecule has 0 aliphatic heterocycles. The Morgan fingerprint density at radius 2 is 2.25 bits per heavy atom. The van der Waals surface area contributed by atoms with Crippen molar-refractivity contribution < 1.29 is 5.11 Å². The van der Waals surface area contributed by atoms with Crippen LogP contribution in [-0.4, -0.2) is 16.1 Å². The molecule has 0 unspecified atom stereocenters. The summed E-state index contributed by atoms with van der Waals surface area (Å²) in [5.74, 6) is 0.463. The zero-order chi connectivity index (χ0) is 17.3. The number of pyridine rings is 1. The Hall–Kier alpha value is -2.84. The molecular formula is C19H20N4O. The van der Waals surface area contributed by atoms with Gasteiger partial charge in [-0.3, -0.25) is 0 Å². The Morgan fingerprint density at radius 1 is 1.46 bits per heavy atom. The minimum absolute atomic E-state index is 0.0537. The second-order valence-electron chi connectivity index (χ2n) is 6.12. The van der Waals surface area contributed by atoms with Crippen molar-refractivity contribution in [3.05, 3.63) is 53.2 Å². The molecule has 0 bridgehead atoms. The second kappa shape index (κ2) is 6.34. The number of benzene rings is 1. The summed E-state index contributed by atoms with van der Waals surface area (Å²) in [4.78, 5) is 4.42. The molecule has 3 rings (SSSR count). The lowest BCUT2D eigenvalue weighted by atomic mass is 9.84. The number of aromatic nitrogens is 1. The van der Waals surface area contributed by atoms with Crippen molar-refractivity contribution >= 4 is 5.82 Å². The zero-order valence-electron chi connectivity index (χ0n) is 13.4. The fourth-order valence-electron chi connectivity index (χ4n) is 3.30. The molecule has 0 saturated carbocycles. The molecule has 0 radical (unpaired) electrons. The summed E-state index contributed by atoms with van der Waals surface area (Å²) in [5, 5.41) is 19.6. The Labute approximate surface area is 141 Å². The Morgan fingerprint density at radius 3 is 2.96 bits per heavy atom. The highest BCUT2D eigenvalue weighted by Gasteiger charge is 2.25. The van der Waals surface area contributed by atoms with E-state index >= 15 is 0 Å². The molecule has 122 valence electrons. The summed E-state index contributed by atoms with van der Waals surface area (Å²) in [5.41, 5.74) is 16.8. The molecule has 5 N–H and O–H groups in total. The molecule has 0 amide bonds. The Bertz CT molecular complexity index is 851. The molecule has 5 nitrogen and oxygen atoms in total. The summed E-state index contributed by atoms with van der Waals surface area (Å²) in [6, 6.07) is 7.56. The first-order valence-corrected chi connectivity index (χ1v) is 7.95. The van der Waals surface area contributed by atoms with Gasteiger partial charge in [0, 0.05) is 17.3 Å². The third-order valence-electron chi connectivity index (χ3n) is 4.47. The van der Waals surface area contributed by atoms with Crippen LogP contribution in [0, 0.1) is 11.3 Å². The quantitative estimate of drug-likeness (QED) is 0.753. The van der Waals surface area contributed by atoms with Crippen LogP contribution in [-0.2, 0) is 19.3 Å². The highest BCUT2D eigenvalue weighted by atomic mass is 16.3. The number of hydrogen-bond donors (Lipinski definition) is 3. The topological polar surface area (TPSA) is 109 Å². The lowest BCUT2D eigenvalue weighted by Crippen LogP contribution is -2.29. The number of rotatable bonds is 3. The minimum atomic E-state index is 0.0537. The first-order valence-electron chi connectivity index (χ1n) is 7.95. The smallest absolute Gasteiger partial charge is 0.142 e. The highest BCUT2D eigenvalue weighted by molar-refractivity contribution is 5.80. The van der Waals surface area contributed by atoms with Crippen molar-refractivity contribution in [2.24, 2.45) is 5.73 Å². The van der Waals surface area contributed by atoms with Gasteiger partial charge in [-0.05, 0) is 54.5 Å². The largest absolute Gasteiger partial charge is 0.508 e. The maximum absolute atomic E-state index is 10.0. The van der Waals surface area contributed by atoms with E-state index in [1.54, 1.807) is 18.2 Å². The molecule has 0 saturated heterocycles. The molecule has 1 aromatic heterocycles. The van der Waals surface area contributed by atoms with Crippen LogP contribution < -0.4 is 11.5 Å². The van der Waals surface area contributed by atoms with Crippen molar-refractivity contribution in [2.45, 2.75) is 31.7 Å². The minimum Gasteiger partial charge on any atom is -0.508 e. The van der Waals surface area contributed by atoms with E-state index in [2.05, 4.69) is 17.6 Å². The lowest BCUT2D eigenvalue weighted by Gasteiger charge is -2.25. The van der Waals surface area contributed by atoms with Gasteiger partial charge in [0.15, 0.2) is 0 Å². The van der Waals surface area contributed by atoms with Crippen molar-refractivity contribution in [2.75, 3.05) is 5.73 Å². The van der Waals surface area contributed by atoms with Gasteiger partial charge in [-0.2, -0.15) is 5.26 Å². The molecule has 0 spiro atoms. The van der Waals surface area contributed by atoms with E-state index < -0.39 is 0 Å². The maximum Gasteiger partial charge on any atom is 0.142 e. The number of allylic oxidation sites excluding steroid dienone is 1. The van der Waals surface area contributed by atoms with Gasteiger partial charge < -0.3 is 16.6 Å². The monoisotopic (exact) mass is 320 g/mol. The van der Waals surface area contributed by atoms with Gasteiger partial charge in [-0.25, -0.2) is 4.98 Å². The third-order valence-corrected chi connectivity index (χ3v) is 4.47. The van der Waals surface area contributed by atoms with Gasteiger partial charge in [0.05, 0.1) is 0 Å². The summed E-state index contributed by atoms with van der Waals surface area (Å²) in [7, 11) is 0. The van der Waals surface area contributed by atoms with Crippen molar-refractivity contribution in [1.82, 2.24) is 4.98 Å². The zero-order valence-corrected chi connectivity index (χ0v) is 13.4. The van der Waals surface area contributed by atoms with E-state index in [1.165, 1.54) is 0 Å². The van der Waals surface area contributed by atoms with Gasteiger partial charge in [0.25, 0.3) is 0 Å². The standard InChI is InChI=1S/C19H20N4O/c1-2-3-11-8-12(4-7-17(11)24)18-14-9-13(21)5-6-16(14)23-19(22)15(18)10-20/h2,4,7-8,13,24H,1,3,5-6,9,21H2,(H2,22,23)/t13-/m1/s1. The second-order valence-corrected chi connectivity index (χ2v) is 6.12. The van der Waals surface area contributed by atoms with E-state index in [-0.39, 0.29) is 17.6 Å². The van der Waals surface area contributed by atoms with Gasteiger partial charge in [-0.15, -0.1) is 6.58 Å². The van der Waals surface area contributed by atoms with E-state index in [4.69, 9.17) is 11.5 Å². The number of nitrogens with two attached hydrogens (primary N) is 2. The van der Waals surface area contributed by atoms with Crippen LogP contribution in [0.3, 0.4) is 0 Å². The van der Waals surface area contributed by atoms with Crippen LogP contribution in [0.25, 0.3) is 11.1 Å². The number of hydrogen-bond acceptors (Lipinski definition) is 5. The van der Waals surface area contributed by atoms with Crippen molar-refractivity contribution in [1.29, 1.82) is 5.26 Å². The number of nitrogens with zero attached hydrogens (tertiary/aromatic N) is 2. The molecule has 2 aromatic rings. The van der Waals surface area contributed by atoms with Gasteiger partial charge in [0.1, 0.15) is 23.2 Å². The number of phenols is 1. The predicted molar refractivity (Wildman–Crippen MR) is 94.4 cm³/mol. The van der Waals surface area contributed by atoms with Crippen molar-refractivity contribution in [3.8, 4) is 22.9 Å². The van der Waals surface area contributed by atoms with E-state index in [0.717, 1.165) is 40.8 Å². The van der Waals surface area contributed by atoms with Crippen molar-refractivity contribution in [3.63, 3.8) is 0 Å². The maximum atomic E-state index is 10.0. The molecule has 1 atom stereocenters. The van der Waals surface area contributed by atoms with Crippen LogP contribution in [0.2, 0.25) is 0 Å². The lowest BCUT2D eigenvalue weighted by molar-refractivity contribution is 0.470. The molecule has 1 aromatic carbocycles. The highest BCUT2D eigenvalue weighted by Crippen LogP contribution is 2.37. The number of fused-ring (bicyclic) bond motifs is 1. The molecule has 5 heteroatoms. The van der Waals surface area contributed by atoms with Crippen LogP contribution in [0.4, 0.5) is 5.82 Å². The number of nitriles is 1. The predicted octanol–water partition coefficient (Wildman–Crippen LogP) is 2.45. The van der Waals surface area contributed by atoms with Crippen LogP contribution in [0.5, 0.6) is 5.75 Å². The van der Waals surface area contributed by atoms with Crippen LogP contribution >= 0.6 is 0 Å². The number of anilines is 1. The van der Waals surface area contributed by atoms with E-state index in [9.17, 15) is 10.4 Å². The van der Waals surface area contributed by atoms with E-state index in [1.807, 2.05) is 6.07 Å². The van der Waals surface area contributed by atoms with E-state index in [0.29, 0.717) is 18.4 Å². The molecule has 1 aliphatic carbocycles. The fraction of sp³-hybridized carbons (Fsp3) is 0.263. The Kier molecular flexibility index (Phi) is 4.24. The van der Waals surface area contributed by atoms with Gasteiger partial charge in [0.2, 0.25) is 0 Å². The fourth-order valence-corrected chi connectivity index (χ4v) is 3.30. The summed E-state index contributed by atoms with van der Waals surface area (Å²) >= 11 is 0. The summed E-state index contributed by atoms with van der Waals surface area (Å²) in [6.45, 7) is 3.72. The molecule has 1 aliphatic rings. The van der Waals surface area contributed by atoms with Crippen LogP contribution in [0.15, 0.2) is 30.9 Å². The van der Waals surface area contributed by atoms with Crippen LogP contribution in [0.1, 0.15) is 28.8 Å². The summed E-state index contributed by atoms with van der Waals surface area (Å²) in [6.07, 6.45) is 4.57. The molecule has 1 heterocycles.